The number of para-hydroxylation sites is 1. The molecule has 0 saturated carbocycles. The maximum atomic E-state index is 6.46. The number of hydrogen-bond donors (Lipinski definition) is 0. The molecule has 0 spiro atoms. The van der Waals surface area contributed by atoms with Gasteiger partial charge in [-0.05, 0) is 57.3 Å². The van der Waals surface area contributed by atoms with Crippen LogP contribution in [0.1, 0.15) is 42.6 Å². The Bertz CT molecular complexity index is 668. The number of nitrogens with zero attached hydrogens (tertiary/aromatic N) is 3. The maximum Gasteiger partial charge on any atom is 0.128 e. The zero-order valence-corrected chi connectivity index (χ0v) is 13.5. The topological polar surface area (TPSA) is 21.1 Å². The fourth-order valence-corrected chi connectivity index (χ4v) is 4.34. The molecular formula is C17H22ClN3. The minimum Gasteiger partial charge on any atom is -0.322 e. The molecule has 3 fully saturated rings. The number of piperidine rings is 3. The van der Waals surface area contributed by atoms with Crippen molar-refractivity contribution in [3.05, 3.63) is 29.6 Å². The summed E-state index contributed by atoms with van der Waals surface area (Å²) in [5, 5.41) is -0.0488. The Hall–Kier alpha value is -1.06. The largest absolute Gasteiger partial charge is 0.322 e. The van der Waals surface area contributed by atoms with Crippen LogP contribution in [0.25, 0.3) is 11.0 Å². The third kappa shape index (κ3) is 2.09. The molecule has 1 aromatic heterocycles. The molecular weight excluding hydrogens is 282 g/mol. The third-order valence-electron chi connectivity index (χ3n) is 5.25. The van der Waals surface area contributed by atoms with E-state index in [4.69, 9.17) is 16.6 Å². The van der Waals surface area contributed by atoms with Gasteiger partial charge in [0.25, 0.3) is 0 Å². The second-order valence-corrected chi connectivity index (χ2v) is 7.26. The van der Waals surface area contributed by atoms with Gasteiger partial charge in [0.1, 0.15) is 5.82 Å². The highest BCUT2D eigenvalue weighted by Gasteiger charge is 2.37. The molecule has 0 aliphatic carbocycles. The number of hydrogen-bond acceptors (Lipinski definition) is 2. The Labute approximate surface area is 130 Å². The predicted molar refractivity (Wildman–Crippen MR) is 86.9 cm³/mol. The van der Waals surface area contributed by atoms with E-state index in [1.165, 1.54) is 37.0 Å². The molecule has 5 rings (SSSR count). The zero-order valence-electron chi connectivity index (χ0n) is 12.7. The second-order valence-electron chi connectivity index (χ2n) is 6.60. The van der Waals surface area contributed by atoms with Crippen LogP contribution in [0, 0.1) is 12.8 Å². The Morgan fingerprint density at radius 1 is 1.29 bits per heavy atom. The number of halogens is 1. The molecule has 2 atom stereocenters. The highest BCUT2D eigenvalue weighted by Crippen LogP contribution is 2.40. The first-order valence-electron chi connectivity index (χ1n) is 7.99. The lowest BCUT2D eigenvalue weighted by molar-refractivity contribution is 0.0575. The lowest BCUT2D eigenvalue weighted by atomic mass is 9.83. The van der Waals surface area contributed by atoms with Crippen molar-refractivity contribution in [1.82, 2.24) is 14.5 Å². The summed E-state index contributed by atoms with van der Waals surface area (Å²) in [7, 11) is 0. The average molecular weight is 304 g/mol. The van der Waals surface area contributed by atoms with Gasteiger partial charge in [0.05, 0.1) is 22.5 Å². The lowest BCUT2D eigenvalue weighted by Gasteiger charge is -2.46. The standard InChI is InChI=1S/C17H22ClN3/c1-11-4-3-5-14-16(11)21(17(19-14)12(2)18)15-10-20-8-6-13(15)7-9-20/h3-5,12-13,15H,6-10H2,1-2H3. The normalized spacial score (nSPS) is 30.0. The van der Waals surface area contributed by atoms with Gasteiger partial charge in [-0.1, -0.05) is 12.1 Å². The van der Waals surface area contributed by atoms with E-state index < -0.39 is 0 Å². The van der Waals surface area contributed by atoms with Crippen molar-refractivity contribution >= 4 is 22.6 Å². The van der Waals surface area contributed by atoms with E-state index in [2.05, 4.69) is 34.6 Å². The van der Waals surface area contributed by atoms with E-state index in [9.17, 15) is 0 Å². The SMILES string of the molecule is Cc1cccc2nc(C(C)Cl)n(C3CN4CCC3CC4)c12. The van der Waals surface area contributed by atoms with E-state index in [1.807, 2.05) is 6.92 Å². The number of imidazole rings is 1. The lowest BCUT2D eigenvalue weighted by Crippen LogP contribution is -2.48. The molecule has 3 saturated heterocycles. The van der Waals surface area contributed by atoms with Gasteiger partial charge in [0.15, 0.2) is 0 Å². The van der Waals surface area contributed by atoms with Crippen molar-refractivity contribution in [1.29, 1.82) is 0 Å². The Balaban J connectivity index is 1.92. The van der Waals surface area contributed by atoms with E-state index >= 15 is 0 Å². The van der Waals surface area contributed by atoms with Crippen LogP contribution in [0.2, 0.25) is 0 Å². The van der Waals surface area contributed by atoms with Crippen molar-refractivity contribution in [3.63, 3.8) is 0 Å². The first kappa shape index (κ1) is 13.6. The van der Waals surface area contributed by atoms with Crippen LogP contribution in [0.4, 0.5) is 0 Å². The average Bonchev–Trinajstić information content (AvgIpc) is 2.89. The monoisotopic (exact) mass is 303 g/mol. The van der Waals surface area contributed by atoms with Crippen LogP contribution in [0.5, 0.6) is 0 Å². The Kier molecular flexibility index (Phi) is 3.23. The van der Waals surface area contributed by atoms with Crippen LogP contribution >= 0.6 is 11.6 Å². The Morgan fingerprint density at radius 3 is 2.67 bits per heavy atom. The quantitative estimate of drug-likeness (QED) is 0.784. The van der Waals surface area contributed by atoms with Gasteiger partial charge in [-0.2, -0.15) is 0 Å². The van der Waals surface area contributed by atoms with Crippen molar-refractivity contribution in [3.8, 4) is 0 Å². The number of fused-ring (bicyclic) bond motifs is 4. The molecule has 1 aromatic carbocycles. The molecule has 0 radical (unpaired) electrons. The summed E-state index contributed by atoms with van der Waals surface area (Å²) >= 11 is 6.46. The zero-order chi connectivity index (χ0) is 14.6. The van der Waals surface area contributed by atoms with E-state index in [0.29, 0.717) is 6.04 Å². The van der Waals surface area contributed by atoms with Gasteiger partial charge >= 0.3 is 0 Å². The van der Waals surface area contributed by atoms with Gasteiger partial charge in [-0.3, -0.25) is 0 Å². The van der Waals surface area contributed by atoms with E-state index in [0.717, 1.165) is 23.8 Å². The van der Waals surface area contributed by atoms with Crippen LogP contribution in [0.3, 0.4) is 0 Å². The summed E-state index contributed by atoms with van der Waals surface area (Å²) in [6, 6.07) is 6.93. The van der Waals surface area contributed by atoms with Crippen molar-refractivity contribution < 1.29 is 0 Å². The molecule has 3 aliphatic heterocycles. The number of aromatic nitrogens is 2. The van der Waals surface area contributed by atoms with Crippen LogP contribution in [0.15, 0.2) is 18.2 Å². The molecule has 21 heavy (non-hydrogen) atoms. The maximum absolute atomic E-state index is 6.46. The van der Waals surface area contributed by atoms with Crippen molar-refractivity contribution in [2.45, 2.75) is 38.1 Å². The predicted octanol–water partition coefficient (Wildman–Crippen LogP) is 3.91. The fraction of sp³-hybridized carbons (Fsp3) is 0.588. The molecule has 4 heteroatoms. The number of aryl methyl sites for hydroxylation is 1. The summed E-state index contributed by atoms with van der Waals surface area (Å²) in [6.45, 7) is 7.90. The van der Waals surface area contributed by atoms with Gasteiger partial charge < -0.3 is 9.47 Å². The summed E-state index contributed by atoms with van der Waals surface area (Å²) < 4.78 is 2.47. The summed E-state index contributed by atoms with van der Waals surface area (Å²) in [5.74, 6) is 1.82. The molecule has 4 heterocycles. The molecule has 3 aliphatic rings. The Morgan fingerprint density at radius 2 is 2.05 bits per heavy atom. The minimum atomic E-state index is -0.0488. The third-order valence-corrected chi connectivity index (χ3v) is 5.44. The summed E-state index contributed by atoms with van der Waals surface area (Å²) in [4.78, 5) is 7.44. The van der Waals surface area contributed by atoms with E-state index in [-0.39, 0.29) is 5.38 Å². The summed E-state index contributed by atoms with van der Waals surface area (Å²) in [5.41, 5.74) is 3.69. The molecule has 0 N–H and O–H groups in total. The van der Waals surface area contributed by atoms with Crippen LogP contribution < -0.4 is 0 Å². The van der Waals surface area contributed by atoms with Crippen LogP contribution in [-0.2, 0) is 0 Å². The highest BCUT2D eigenvalue weighted by atomic mass is 35.5. The second kappa shape index (κ2) is 4.99. The molecule has 2 unspecified atom stereocenters. The van der Waals surface area contributed by atoms with Gasteiger partial charge in [-0.15, -0.1) is 11.6 Å². The number of benzene rings is 1. The fourth-order valence-electron chi connectivity index (χ4n) is 4.18. The van der Waals surface area contributed by atoms with Gasteiger partial charge in [0.2, 0.25) is 0 Å². The first-order valence-corrected chi connectivity index (χ1v) is 8.42. The van der Waals surface area contributed by atoms with E-state index in [1.54, 1.807) is 0 Å². The molecule has 3 nitrogen and oxygen atoms in total. The minimum absolute atomic E-state index is 0.0488. The van der Waals surface area contributed by atoms with Crippen molar-refractivity contribution in [2.24, 2.45) is 5.92 Å². The molecule has 112 valence electrons. The molecule has 2 bridgehead atoms. The number of alkyl halides is 1. The molecule has 0 amide bonds. The van der Waals surface area contributed by atoms with Crippen LogP contribution in [-0.4, -0.2) is 34.1 Å². The van der Waals surface area contributed by atoms with Crippen molar-refractivity contribution in [2.75, 3.05) is 19.6 Å². The number of rotatable bonds is 2. The van der Waals surface area contributed by atoms with Gasteiger partial charge in [0, 0.05) is 6.54 Å². The summed E-state index contributed by atoms with van der Waals surface area (Å²) in [6.07, 6.45) is 2.62. The van der Waals surface area contributed by atoms with Gasteiger partial charge in [-0.25, -0.2) is 4.98 Å². The molecule has 2 aromatic rings. The first-order chi connectivity index (χ1) is 10.1. The smallest absolute Gasteiger partial charge is 0.128 e. The highest BCUT2D eigenvalue weighted by molar-refractivity contribution is 6.20.